The Labute approximate surface area is 122 Å². The van der Waals surface area contributed by atoms with Gasteiger partial charge >= 0.3 is 0 Å². The number of carbonyl (C=O) groups excluding carboxylic acids is 1. The Hall–Kier alpha value is -1.26. The minimum Gasteiger partial charge on any atom is -0.409 e. The van der Waals surface area contributed by atoms with Crippen LogP contribution in [0.5, 0.6) is 0 Å². The standard InChI is InChI=1S/C15H29N3O2/c1-11(2)9-15(7-5-6-8-15)10-17-13(19)14(3,4)12(16)18-20/h11,20H,5-10H2,1-4H3,(H2,16,18)(H,17,19). The summed E-state index contributed by atoms with van der Waals surface area (Å²) in [5.41, 5.74) is 4.84. The molecule has 1 aliphatic carbocycles. The Kier molecular flexibility index (Phi) is 5.42. The summed E-state index contributed by atoms with van der Waals surface area (Å²) in [6.45, 7) is 8.47. The zero-order valence-corrected chi connectivity index (χ0v) is 13.2. The van der Waals surface area contributed by atoms with Crippen molar-refractivity contribution in [1.29, 1.82) is 0 Å². The third kappa shape index (κ3) is 3.87. The van der Waals surface area contributed by atoms with E-state index >= 15 is 0 Å². The lowest BCUT2D eigenvalue weighted by Crippen LogP contribution is -2.48. The molecular weight excluding hydrogens is 254 g/mol. The molecule has 0 atom stereocenters. The number of hydrogen-bond acceptors (Lipinski definition) is 3. The summed E-state index contributed by atoms with van der Waals surface area (Å²) < 4.78 is 0. The number of amides is 1. The number of nitrogens with two attached hydrogens (primary N) is 1. The molecule has 0 saturated heterocycles. The van der Waals surface area contributed by atoms with Crippen molar-refractivity contribution < 1.29 is 10.0 Å². The molecule has 1 fully saturated rings. The molecule has 0 aromatic rings. The van der Waals surface area contributed by atoms with Crippen molar-refractivity contribution in [3.8, 4) is 0 Å². The molecule has 0 heterocycles. The SMILES string of the molecule is CC(C)CC1(CNC(=O)C(C)(C)C(N)=NO)CCCC1. The van der Waals surface area contributed by atoms with Crippen LogP contribution >= 0.6 is 0 Å². The van der Waals surface area contributed by atoms with Crippen LogP contribution in [-0.4, -0.2) is 23.5 Å². The molecule has 0 spiro atoms. The van der Waals surface area contributed by atoms with Gasteiger partial charge in [0.15, 0.2) is 5.84 Å². The smallest absolute Gasteiger partial charge is 0.233 e. The van der Waals surface area contributed by atoms with Crippen LogP contribution in [0, 0.1) is 16.7 Å². The van der Waals surface area contributed by atoms with Gasteiger partial charge in [-0.05, 0) is 44.4 Å². The number of amidine groups is 1. The Morgan fingerprint density at radius 1 is 1.40 bits per heavy atom. The van der Waals surface area contributed by atoms with Crippen LogP contribution in [0.4, 0.5) is 0 Å². The van der Waals surface area contributed by atoms with Crippen LogP contribution in [0.3, 0.4) is 0 Å². The predicted octanol–water partition coefficient (Wildman–Crippen LogP) is 2.48. The first-order valence-corrected chi connectivity index (χ1v) is 7.50. The topological polar surface area (TPSA) is 87.7 Å². The highest BCUT2D eigenvalue weighted by Crippen LogP contribution is 2.42. The molecule has 1 rings (SSSR count). The molecule has 1 aliphatic rings. The molecule has 0 aromatic heterocycles. The van der Waals surface area contributed by atoms with Crippen molar-refractivity contribution >= 4 is 11.7 Å². The fourth-order valence-electron chi connectivity index (χ4n) is 3.17. The summed E-state index contributed by atoms with van der Waals surface area (Å²) in [4.78, 5) is 12.3. The van der Waals surface area contributed by atoms with E-state index in [4.69, 9.17) is 10.9 Å². The highest BCUT2D eigenvalue weighted by Gasteiger charge is 2.38. The van der Waals surface area contributed by atoms with Gasteiger partial charge in [0.05, 0.1) is 0 Å². The third-order valence-corrected chi connectivity index (χ3v) is 4.45. The molecule has 5 nitrogen and oxygen atoms in total. The largest absolute Gasteiger partial charge is 0.409 e. The Bertz CT molecular complexity index is 369. The summed E-state index contributed by atoms with van der Waals surface area (Å²) in [6.07, 6.45) is 5.97. The molecule has 0 radical (unpaired) electrons. The average molecular weight is 283 g/mol. The monoisotopic (exact) mass is 283 g/mol. The van der Waals surface area contributed by atoms with E-state index in [1.54, 1.807) is 13.8 Å². The van der Waals surface area contributed by atoms with Gasteiger partial charge in [-0.3, -0.25) is 4.79 Å². The average Bonchev–Trinajstić information content (AvgIpc) is 2.82. The number of rotatable bonds is 6. The van der Waals surface area contributed by atoms with Crippen LogP contribution in [0.2, 0.25) is 0 Å². The molecule has 4 N–H and O–H groups in total. The fourth-order valence-corrected chi connectivity index (χ4v) is 3.17. The van der Waals surface area contributed by atoms with Gasteiger partial charge in [-0.1, -0.05) is 31.8 Å². The molecular formula is C15H29N3O2. The molecule has 0 bridgehead atoms. The van der Waals surface area contributed by atoms with Crippen molar-refractivity contribution in [2.75, 3.05) is 6.54 Å². The third-order valence-electron chi connectivity index (χ3n) is 4.45. The Morgan fingerprint density at radius 2 is 1.95 bits per heavy atom. The van der Waals surface area contributed by atoms with Crippen molar-refractivity contribution in [2.24, 2.45) is 27.6 Å². The number of oxime groups is 1. The molecule has 116 valence electrons. The normalized spacial score (nSPS) is 19.4. The lowest BCUT2D eigenvalue weighted by atomic mass is 9.78. The van der Waals surface area contributed by atoms with E-state index in [9.17, 15) is 4.79 Å². The number of nitrogens with one attached hydrogen (secondary N) is 1. The second-order valence-corrected chi connectivity index (χ2v) is 7.10. The highest BCUT2D eigenvalue weighted by atomic mass is 16.4. The van der Waals surface area contributed by atoms with Gasteiger partial charge in [-0.2, -0.15) is 0 Å². The van der Waals surface area contributed by atoms with Crippen molar-refractivity contribution in [3.63, 3.8) is 0 Å². The van der Waals surface area contributed by atoms with E-state index < -0.39 is 5.41 Å². The van der Waals surface area contributed by atoms with Crippen LogP contribution < -0.4 is 11.1 Å². The van der Waals surface area contributed by atoms with Crippen LogP contribution in [0.25, 0.3) is 0 Å². The first-order valence-electron chi connectivity index (χ1n) is 7.50. The van der Waals surface area contributed by atoms with Crippen molar-refractivity contribution in [3.05, 3.63) is 0 Å². The number of hydrogen-bond donors (Lipinski definition) is 3. The summed E-state index contributed by atoms with van der Waals surface area (Å²) in [6, 6.07) is 0. The quantitative estimate of drug-likeness (QED) is 0.303. The van der Waals surface area contributed by atoms with E-state index in [0.717, 1.165) is 6.42 Å². The van der Waals surface area contributed by atoms with Crippen LogP contribution in [0.15, 0.2) is 5.16 Å². The van der Waals surface area contributed by atoms with Gasteiger partial charge in [0.2, 0.25) is 5.91 Å². The second kappa shape index (κ2) is 6.46. The predicted molar refractivity (Wildman–Crippen MR) is 80.6 cm³/mol. The molecule has 1 amide bonds. The van der Waals surface area contributed by atoms with Gasteiger partial charge in [-0.25, -0.2) is 0 Å². The highest BCUT2D eigenvalue weighted by molar-refractivity contribution is 6.05. The summed E-state index contributed by atoms with van der Waals surface area (Å²) in [5.74, 6) is 0.393. The zero-order chi connectivity index (χ0) is 15.4. The molecule has 0 unspecified atom stereocenters. The van der Waals surface area contributed by atoms with E-state index in [1.807, 2.05) is 0 Å². The van der Waals surface area contributed by atoms with Crippen LogP contribution in [0.1, 0.15) is 59.8 Å². The molecule has 5 heteroatoms. The molecule has 0 aliphatic heterocycles. The van der Waals surface area contributed by atoms with E-state index in [2.05, 4.69) is 24.3 Å². The summed E-state index contributed by atoms with van der Waals surface area (Å²) in [5, 5.41) is 14.7. The maximum atomic E-state index is 12.3. The van der Waals surface area contributed by atoms with Gasteiger partial charge in [0, 0.05) is 6.54 Å². The zero-order valence-electron chi connectivity index (χ0n) is 13.2. The first-order chi connectivity index (χ1) is 9.23. The maximum Gasteiger partial charge on any atom is 0.233 e. The summed E-state index contributed by atoms with van der Waals surface area (Å²) in [7, 11) is 0. The maximum absolute atomic E-state index is 12.3. The number of nitrogens with zero attached hydrogens (tertiary/aromatic N) is 1. The minimum absolute atomic E-state index is 0.0562. The van der Waals surface area contributed by atoms with Crippen molar-refractivity contribution in [1.82, 2.24) is 5.32 Å². The lowest BCUT2D eigenvalue weighted by Gasteiger charge is -2.33. The second-order valence-electron chi connectivity index (χ2n) is 7.10. The molecule has 20 heavy (non-hydrogen) atoms. The van der Waals surface area contributed by atoms with Crippen LogP contribution in [-0.2, 0) is 4.79 Å². The lowest BCUT2D eigenvalue weighted by molar-refractivity contribution is -0.127. The van der Waals surface area contributed by atoms with E-state index in [-0.39, 0.29) is 17.2 Å². The van der Waals surface area contributed by atoms with E-state index in [0.29, 0.717) is 12.5 Å². The van der Waals surface area contributed by atoms with Gasteiger partial charge < -0.3 is 16.3 Å². The van der Waals surface area contributed by atoms with E-state index in [1.165, 1.54) is 25.7 Å². The molecule has 1 saturated carbocycles. The fraction of sp³-hybridized carbons (Fsp3) is 0.867. The van der Waals surface area contributed by atoms with Gasteiger partial charge in [0.25, 0.3) is 0 Å². The summed E-state index contributed by atoms with van der Waals surface area (Å²) >= 11 is 0. The number of carbonyl (C=O) groups is 1. The Balaban J connectivity index is 2.66. The van der Waals surface area contributed by atoms with Gasteiger partial charge in [-0.15, -0.1) is 0 Å². The van der Waals surface area contributed by atoms with Gasteiger partial charge in [0.1, 0.15) is 5.41 Å². The van der Waals surface area contributed by atoms with Crippen molar-refractivity contribution in [2.45, 2.75) is 59.8 Å². The Morgan fingerprint density at radius 3 is 2.40 bits per heavy atom. The minimum atomic E-state index is -0.980. The molecule has 0 aromatic carbocycles. The first kappa shape index (κ1) is 16.8.